The minimum absolute atomic E-state index is 0.0597. The van der Waals surface area contributed by atoms with Gasteiger partial charge in [-0.3, -0.25) is 4.79 Å². The van der Waals surface area contributed by atoms with E-state index in [-0.39, 0.29) is 11.8 Å². The molecule has 1 fully saturated rings. The van der Waals surface area contributed by atoms with Crippen LogP contribution in [0.15, 0.2) is 36.9 Å². The lowest BCUT2D eigenvalue weighted by molar-refractivity contribution is -0.137. The van der Waals surface area contributed by atoms with E-state index in [4.69, 9.17) is 4.74 Å². The van der Waals surface area contributed by atoms with Crippen molar-refractivity contribution in [2.24, 2.45) is 11.8 Å². The van der Waals surface area contributed by atoms with Crippen LogP contribution < -0.4 is 10.1 Å². The highest BCUT2D eigenvalue weighted by atomic mass is 16.5. The molecule has 114 valence electrons. The molecule has 1 aliphatic rings. The van der Waals surface area contributed by atoms with Crippen LogP contribution in [0.2, 0.25) is 0 Å². The molecule has 1 atom stereocenters. The van der Waals surface area contributed by atoms with Crippen LogP contribution in [0.25, 0.3) is 0 Å². The lowest BCUT2D eigenvalue weighted by atomic mass is 9.88. The number of methoxy groups -OCH3 is 1. The monoisotopic (exact) mass is 288 g/mol. The molecule has 1 heterocycles. The molecular weight excluding hydrogens is 264 g/mol. The van der Waals surface area contributed by atoms with E-state index in [9.17, 15) is 4.79 Å². The number of rotatable bonds is 7. The van der Waals surface area contributed by atoms with E-state index in [0.29, 0.717) is 19.0 Å². The van der Waals surface area contributed by atoms with Crippen LogP contribution in [-0.2, 0) is 11.3 Å². The van der Waals surface area contributed by atoms with Crippen LogP contribution in [0.3, 0.4) is 0 Å². The second-order valence-electron chi connectivity index (χ2n) is 5.56. The van der Waals surface area contributed by atoms with E-state index in [1.54, 1.807) is 13.2 Å². The van der Waals surface area contributed by atoms with Gasteiger partial charge in [-0.2, -0.15) is 0 Å². The predicted octanol–water partition coefficient (Wildman–Crippen LogP) is 2.07. The fraction of sp³-hybridized carbons (Fsp3) is 0.471. The van der Waals surface area contributed by atoms with Crippen molar-refractivity contribution < 1.29 is 9.53 Å². The number of carbonyl (C=O) groups excluding carboxylic acids is 1. The van der Waals surface area contributed by atoms with E-state index >= 15 is 0 Å². The van der Waals surface area contributed by atoms with Gasteiger partial charge < -0.3 is 15.0 Å². The quantitative estimate of drug-likeness (QED) is 0.781. The highest BCUT2D eigenvalue weighted by molar-refractivity contribution is 5.79. The molecule has 1 aromatic carbocycles. The van der Waals surface area contributed by atoms with Crippen molar-refractivity contribution in [3.05, 3.63) is 42.5 Å². The summed E-state index contributed by atoms with van der Waals surface area (Å²) in [6, 6.07) is 7.84. The largest absolute Gasteiger partial charge is 0.497 e. The van der Waals surface area contributed by atoms with E-state index in [1.807, 2.05) is 36.1 Å². The summed E-state index contributed by atoms with van der Waals surface area (Å²) in [5.74, 6) is 1.55. The molecule has 1 aliphatic heterocycles. The molecule has 0 aliphatic carbocycles. The summed E-state index contributed by atoms with van der Waals surface area (Å²) in [4.78, 5) is 14.5. The first-order valence-corrected chi connectivity index (χ1v) is 7.39. The summed E-state index contributed by atoms with van der Waals surface area (Å²) < 4.78 is 5.16. The standard InChI is InChI=1S/C17H24N2O2/c1-4-9-19(17(20)13(2)15-10-18-11-15)12-14-5-7-16(21-3)8-6-14/h4-8,13,15,18H,1,9-12H2,2-3H3. The first-order valence-electron chi connectivity index (χ1n) is 7.39. The minimum Gasteiger partial charge on any atom is -0.497 e. The SMILES string of the molecule is C=CCN(Cc1ccc(OC)cc1)C(=O)C(C)C1CNC1. The third-order valence-corrected chi connectivity index (χ3v) is 4.10. The van der Waals surface area contributed by atoms with Crippen molar-refractivity contribution in [2.45, 2.75) is 13.5 Å². The Morgan fingerprint density at radius 2 is 2.14 bits per heavy atom. The topological polar surface area (TPSA) is 41.6 Å². The van der Waals surface area contributed by atoms with Gasteiger partial charge >= 0.3 is 0 Å². The molecule has 1 unspecified atom stereocenters. The third kappa shape index (κ3) is 3.85. The molecule has 2 rings (SSSR count). The van der Waals surface area contributed by atoms with Gasteiger partial charge in [-0.05, 0) is 36.7 Å². The van der Waals surface area contributed by atoms with Crippen molar-refractivity contribution in [1.82, 2.24) is 10.2 Å². The fourth-order valence-corrected chi connectivity index (χ4v) is 2.49. The predicted molar refractivity (Wildman–Crippen MR) is 84.1 cm³/mol. The summed E-state index contributed by atoms with van der Waals surface area (Å²) in [6.07, 6.45) is 1.78. The molecule has 4 nitrogen and oxygen atoms in total. The molecular formula is C17H24N2O2. The summed E-state index contributed by atoms with van der Waals surface area (Å²) in [5, 5.41) is 3.23. The zero-order valence-corrected chi connectivity index (χ0v) is 12.8. The van der Waals surface area contributed by atoms with Crippen LogP contribution >= 0.6 is 0 Å². The number of hydrogen-bond donors (Lipinski definition) is 1. The second-order valence-corrected chi connectivity index (χ2v) is 5.56. The summed E-state index contributed by atoms with van der Waals surface area (Å²) in [7, 11) is 1.65. The number of benzene rings is 1. The van der Waals surface area contributed by atoms with Crippen LogP contribution in [-0.4, -0.2) is 37.6 Å². The molecule has 1 aromatic rings. The molecule has 1 amide bonds. The van der Waals surface area contributed by atoms with Gasteiger partial charge in [-0.1, -0.05) is 25.1 Å². The number of carbonyl (C=O) groups is 1. The lowest BCUT2D eigenvalue weighted by Crippen LogP contribution is -2.50. The Kier molecular flexibility index (Phi) is 5.39. The molecule has 1 N–H and O–H groups in total. The van der Waals surface area contributed by atoms with Gasteiger partial charge in [0, 0.05) is 19.0 Å². The summed E-state index contributed by atoms with van der Waals surface area (Å²) in [5.41, 5.74) is 1.10. The normalized spacial score (nSPS) is 15.9. The molecule has 0 spiro atoms. The number of amides is 1. The van der Waals surface area contributed by atoms with E-state index in [1.165, 1.54) is 0 Å². The van der Waals surface area contributed by atoms with Gasteiger partial charge in [0.25, 0.3) is 0 Å². The average molecular weight is 288 g/mol. The molecule has 1 saturated heterocycles. The number of hydrogen-bond acceptors (Lipinski definition) is 3. The van der Waals surface area contributed by atoms with E-state index in [0.717, 1.165) is 24.4 Å². The molecule has 0 saturated carbocycles. The highest BCUT2D eigenvalue weighted by Crippen LogP contribution is 2.20. The third-order valence-electron chi connectivity index (χ3n) is 4.10. The van der Waals surface area contributed by atoms with Crippen molar-refractivity contribution in [3.63, 3.8) is 0 Å². The van der Waals surface area contributed by atoms with Gasteiger partial charge in [0.1, 0.15) is 5.75 Å². The maximum Gasteiger partial charge on any atom is 0.226 e. The number of nitrogens with one attached hydrogen (secondary N) is 1. The Balaban J connectivity index is 2.02. The molecule has 4 heteroatoms. The number of ether oxygens (including phenoxy) is 1. The lowest BCUT2D eigenvalue weighted by Gasteiger charge is -2.35. The molecule has 0 aromatic heterocycles. The Hall–Kier alpha value is -1.81. The van der Waals surface area contributed by atoms with E-state index < -0.39 is 0 Å². The Morgan fingerprint density at radius 1 is 1.48 bits per heavy atom. The first kappa shape index (κ1) is 15.6. The Labute approximate surface area is 126 Å². The molecule has 0 radical (unpaired) electrons. The zero-order chi connectivity index (χ0) is 15.2. The van der Waals surface area contributed by atoms with Crippen LogP contribution in [0.5, 0.6) is 5.75 Å². The smallest absolute Gasteiger partial charge is 0.226 e. The Bertz CT molecular complexity index is 480. The molecule has 21 heavy (non-hydrogen) atoms. The van der Waals surface area contributed by atoms with Gasteiger partial charge in [0.05, 0.1) is 7.11 Å². The Morgan fingerprint density at radius 3 is 2.62 bits per heavy atom. The van der Waals surface area contributed by atoms with Crippen molar-refractivity contribution >= 4 is 5.91 Å². The maximum atomic E-state index is 12.6. The van der Waals surface area contributed by atoms with Crippen LogP contribution in [0, 0.1) is 11.8 Å². The van der Waals surface area contributed by atoms with E-state index in [2.05, 4.69) is 11.9 Å². The molecule has 0 bridgehead atoms. The average Bonchev–Trinajstić information content (AvgIpc) is 2.45. The summed E-state index contributed by atoms with van der Waals surface area (Å²) >= 11 is 0. The fourth-order valence-electron chi connectivity index (χ4n) is 2.49. The van der Waals surface area contributed by atoms with Crippen LogP contribution in [0.4, 0.5) is 0 Å². The van der Waals surface area contributed by atoms with Gasteiger partial charge in [0.15, 0.2) is 0 Å². The van der Waals surface area contributed by atoms with Crippen molar-refractivity contribution in [1.29, 1.82) is 0 Å². The van der Waals surface area contributed by atoms with Gasteiger partial charge in [0.2, 0.25) is 5.91 Å². The van der Waals surface area contributed by atoms with Crippen molar-refractivity contribution in [3.8, 4) is 5.75 Å². The zero-order valence-electron chi connectivity index (χ0n) is 12.8. The maximum absolute atomic E-state index is 12.6. The summed E-state index contributed by atoms with van der Waals surface area (Å²) in [6.45, 7) is 8.86. The highest BCUT2D eigenvalue weighted by Gasteiger charge is 2.31. The van der Waals surface area contributed by atoms with Crippen molar-refractivity contribution in [2.75, 3.05) is 26.7 Å². The van der Waals surface area contributed by atoms with Gasteiger partial charge in [-0.25, -0.2) is 0 Å². The second kappa shape index (κ2) is 7.27. The number of nitrogens with zero attached hydrogens (tertiary/aromatic N) is 1. The minimum atomic E-state index is 0.0597. The first-order chi connectivity index (χ1) is 10.2. The van der Waals surface area contributed by atoms with Gasteiger partial charge in [-0.15, -0.1) is 6.58 Å². The van der Waals surface area contributed by atoms with Crippen LogP contribution in [0.1, 0.15) is 12.5 Å².